The summed E-state index contributed by atoms with van der Waals surface area (Å²) in [6.45, 7) is 8.98. The number of carbonyl (C=O) groups excluding carboxylic acids is 2. The molecule has 0 saturated heterocycles. The molecule has 1 aromatic heterocycles. The van der Waals surface area contributed by atoms with Gasteiger partial charge in [0.1, 0.15) is 17.2 Å². The molecule has 4 heteroatoms. The Bertz CT molecular complexity index is 627. The van der Waals surface area contributed by atoms with Crippen molar-refractivity contribution in [3.63, 3.8) is 0 Å². The summed E-state index contributed by atoms with van der Waals surface area (Å²) in [5.74, 6) is 1.36. The zero-order chi connectivity index (χ0) is 16.7. The second-order valence-corrected chi connectivity index (χ2v) is 5.68. The smallest absolute Gasteiger partial charge is 0.165 e. The van der Waals surface area contributed by atoms with Gasteiger partial charge in [-0.2, -0.15) is 0 Å². The van der Waals surface area contributed by atoms with Gasteiger partial charge in [0, 0.05) is 12.0 Å². The molecule has 1 aromatic carbocycles. The summed E-state index contributed by atoms with van der Waals surface area (Å²) in [4.78, 5) is 21.7. The third kappa shape index (κ3) is 5.28. The number of ketones is 2. The molecule has 1 heterocycles. The van der Waals surface area contributed by atoms with Crippen LogP contribution in [0.4, 0.5) is 0 Å². The maximum absolute atomic E-state index is 11.4. The Kier molecular flexibility index (Phi) is 6.70. The van der Waals surface area contributed by atoms with Crippen molar-refractivity contribution in [3.8, 4) is 11.3 Å². The zero-order valence-corrected chi connectivity index (χ0v) is 13.8. The average Bonchev–Trinajstić information content (AvgIpc) is 2.81. The maximum Gasteiger partial charge on any atom is 0.165 e. The van der Waals surface area contributed by atoms with E-state index in [1.807, 2.05) is 44.2 Å². The van der Waals surface area contributed by atoms with E-state index in [0.29, 0.717) is 22.9 Å². The predicted molar refractivity (Wildman–Crippen MR) is 86.8 cm³/mol. The maximum atomic E-state index is 11.4. The molecule has 0 bridgehead atoms. The molecule has 2 aromatic rings. The number of hydrogen-bond acceptors (Lipinski definition) is 4. The van der Waals surface area contributed by atoms with Crippen molar-refractivity contribution in [3.05, 3.63) is 41.7 Å². The SMILES string of the molecule is CC(=O)CC(C)C.CC(=O)c1c(-c2ccccc2)noc1C. The van der Waals surface area contributed by atoms with Crippen molar-refractivity contribution in [1.82, 2.24) is 5.16 Å². The number of benzene rings is 1. The molecule has 0 aliphatic carbocycles. The average molecular weight is 301 g/mol. The van der Waals surface area contributed by atoms with E-state index >= 15 is 0 Å². The van der Waals surface area contributed by atoms with Crippen molar-refractivity contribution in [1.29, 1.82) is 0 Å². The Balaban J connectivity index is 0.000000295. The first-order chi connectivity index (χ1) is 10.3. The highest BCUT2D eigenvalue weighted by molar-refractivity contribution is 6.00. The molecule has 0 aliphatic heterocycles. The first-order valence-corrected chi connectivity index (χ1v) is 7.35. The van der Waals surface area contributed by atoms with Gasteiger partial charge >= 0.3 is 0 Å². The molecule has 22 heavy (non-hydrogen) atoms. The van der Waals surface area contributed by atoms with E-state index < -0.39 is 0 Å². The van der Waals surface area contributed by atoms with E-state index in [9.17, 15) is 9.59 Å². The summed E-state index contributed by atoms with van der Waals surface area (Å²) in [6, 6.07) is 9.55. The second kappa shape index (κ2) is 8.27. The lowest BCUT2D eigenvalue weighted by Crippen LogP contribution is -1.95. The molecule has 0 atom stereocenters. The van der Waals surface area contributed by atoms with E-state index in [-0.39, 0.29) is 11.6 Å². The topological polar surface area (TPSA) is 60.2 Å². The number of hydrogen-bond donors (Lipinski definition) is 0. The number of carbonyl (C=O) groups is 2. The first-order valence-electron chi connectivity index (χ1n) is 7.35. The molecular formula is C18H23NO3. The number of Topliss-reactive ketones (excluding diaryl/α,β-unsaturated/α-hetero) is 2. The Morgan fingerprint density at radius 1 is 1.14 bits per heavy atom. The van der Waals surface area contributed by atoms with Crippen LogP contribution in [0.5, 0.6) is 0 Å². The standard InChI is InChI=1S/C12H11NO2.C6H12O/c1-8(14)11-9(2)15-13-12(11)10-6-4-3-5-7-10;1-5(2)4-6(3)7/h3-7H,1-2H3;5H,4H2,1-3H3. The van der Waals surface area contributed by atoms with Crippen LogP contribution in [-0.2, 0) is 4.79 Å². The molecule has 0 N–H and O–H groups in total. The van der Waals surface area contributed by atoms with Crippen LogP contribution in [0.2, 0.25) is 0 Å². The number of aromatic nitrogens is 1. The minimum Gasteiger partial charge on any atom is -0.360 e. The minimum absolute atomic E-state index is 0.0207. The normalized spacial score (nSPS) is 10.1. The monoisotopic (exact) mass is 301 g/mol. The van der Waals surface area contributed by atoms with Crippen LogP contribution in [0.15, 0.2) is 34.9 Å². The van der Waals surface area contributed by atoms with Gasteiger partial charge in [0.05, 0.1) is 5.56 Å². The minimum atomic E-state index is -0.0207. The van der Waals surface area contributed by atoms with Crippen LogP contribution in [0.3, 0.4) is 0 Å². The Hall–Kier alpha value is -2.23. The molecule has 0 amide bonds. The van der Waals surface area contributed by atoms with Crippen LogP contribution < -0.4 is 0 Å². The van der Waals surface area contributed by atoms with Gasteiger partial charge in [0.25, 0.3) is 0 Å². The third-order valence-electron chi connectivity index (χ3n) is 2.96. The molecule has 118 valence electrons. The molecule has 4 nitrogen and oxygen atoms in total. The number of rotatable bonds is 4. The van der Waals surface area contributed by atoms with Gasteiger partial charge in [-0.1, -0.05) is 49.3 Å². The predicted octanol–water partition coefficient (Wildman–Crippen LogP) is 4.47. The lowest BCUT2D eigenvalue weighted by molar-refractivity contribution is -0.117. The van der Waals surface area contributed by atoms with Crippen molar-refractivity contribution in [2.24, 2.45) is 5.92 Å². The summed E-state index contributed by atoms with van der Waals surface area (Å²) < 4.78 is 5.04. The molecule has 0 unspecified atom stereocenters. The summed E-state index contributed by atoms with van der Waals surface area (Å²) in [7, 11) is 0. The number of nitrogens with zero attached hydrogens (tertiary/aromatic N) is 1. The third-order valence-corrected chi connectivity index (χ3v) is 2.96. The van der Waals surface area contributed by atoms with Crippen LogP contribution in [0, 0.1) is 12.8 Å². The molecule has 0 spiro atoms. The molecule has 0 radical (unpaired) electrons. The quantitative estimate of drug-likeness (QED) is 0.781. The van der Waals surface area contributed by atoms with Crippen molar-refractivity contribution in [2.75, 3.05) is 0 Å². The zero-order valence-electron chi connectivity index (χ0n) is 13.8. The van der Waals surface area contributed by atoms with Crippen LogP contribution >= 0.6 is 0 Å². The lowest BCUT2D eigenvalue weighted by Gasteiger charge is -1.97. The Morgan fingerprint density at radius 3 is 2.14 bits per heavy atom. The fraction of sp³-hybridized carbons (Fsp3) is 0.389. The van der Waals surface area contributed by atoms with Crippen molar-refractivity contribution < 1.29 is 14.1 Å². The van der Waals surface area contributed by atoms with E-state index in [1.54, 1.807) is 13.8 Å². The lowest BCUT2D eigenvalue weighted by atomic mass is 10.0. The van der Waals surface area contributed by atoms with Gasteiger partial charge in [0.15, 0.2) is 5.78 Å². The summed E-state index contributed by atoms with van der Waals surface area (Å²) in [5.41, 5.74) is 2.10. The van der Waals surface area contributed by atoms with Crippen molar-refractivity contribution >= 4 is 11.6 Å². The summed E-state index contributed by atoms with van der Waals surface area (Å²) >= 11 is 0. The molecule has 0 saturated carbocycles. The molecule has 0 aliphatic rings. The van der Waals surface area contributed by atoms with E-state index in [1.165, 1.54) is 6.92 Å². The van der Waals surface area contributed by atoms with Crippen LogP contribution in [0.1, 0.15) is 50.2 Å². The van der Waals surface area contributed by atoms with E-state index in [4.69, 9.17) is 4.52 Å². The number of aryl methyl sites for hydroxylation is 1. The second-order valence-electron chi connectivity index (χ2n) is 5.68. The highest BCUT2D eigenvalue weighted by atomic mass is 16.5. The molecule has 0 fully saturated rings. The molecular weight excluding hydrogens is 278 g/mol. The van der Waals surface area contributed by atoms with Gasteiger partial charge in [0.2, 0.25) is 0 Å². The van der Waals surface area contributed by atoms with Crippen LogP contribution in [-0.4, -0.2) is 16.7 Å². The van der Waals surface area contributed by atoms with Gasteiger partial charge in [-0.3, -0.25) is 4.79 Å². The highest BCUT2D eigenvalue weighted by Gasteiger charge is 2.17. The van der Waals surface area contributed by atoms with Gasteiger partial charge in [-0.25, -0.2) is 0 Å². The Labute approximate surface area is 131 Å². The Morgan fingerprint density at radius 2 is 1.73 bits per heavy atom. The van der Waals surface area contributed by atoms with Crippen molar-refractivity contribution in [2.45, 2.75) is 41.0 Å². The van der Waals surface area contributed by atoms with E-state index in [2.05, 4.69) is 5.16 Å². The van der Waals surface area contributed by atoms with Gasteiger partial charge in [-0.05, 0) is 26.7 Å². The van der Waals surface area contributed by atoms with Crippen LogP contribution in [0.25, 0.3) is 11.3 Å². The van der Waals surface area contributed by atoms with E-state index in [0.717, 1.165) is 12.0 Å². The fourth-order valence-electron chi connectivity index (χ4n) is 2.15. The van der Waals surface area contributed by atoms with Gasteiger partial charge < -0.3 is 9.32 Å². The first kappa shape index (κ1) is 17.8. The fourth-order valence-corrected chi connectivity index (χ4v) is 2.15. The molecule has 2 rings (SSSR count). The largest absolute Gasteiger partial charge is 0.360 e. The highest BCUT2D eigenvalue weighted by Crippen LogP contribution is 2.24. The summed E-state index contributed by atoms with van der Waals surface area (Å²) in [6.07, 6.45) is 0.722. The van der Waals surface area contributed by atoms with Gasteiger partial charge in [-0.15, -0.1) is 0 Å². The summed E-state index contributed by atoms with van der Waals surface area (Å²) in [5, 5.41) is 3.91.